The van der Waals surface area contributed by atoms with E-state index in [0.717, 1.165) is 0 Å². The molecule has 0 spiro atoms. The number of epoxide rings is 1. The molecule has 1 fully saturated rings. The van der Waals surface area contributed by atoms with Crippen molar-refractivity contribution in [3.8, 4) is 0 Å². The predicted molar refractivity (Wildman–Crippen MR) is 47.6 cm³/mol. The van der Waals surface area contributed by atoms with Gasteiger partial charge in [0, 0.05) is 12.7 Å². The van der Waals surface area contributed by atoms with E-state index >= 15 is 0 Å². The van der Waals surface area contributed by atoms with Crippen LogP contribution < -0.4 is 0 Å². The molecule has 4 heteroatoms. The number of aliphatic carboxylic acids is 1. The van der Waals surface area contributed by atoms with Crippen LogP contribution in [0.15, 0.2) is 30.3 Å². The van der Waals surface area contributed by atoms with Gasteiger partial charge in [-0.3, -0.25) is 0 Å². The average Bonchev–Trinajstić information content (AvgIpc) is 2.94. The maximum atomic E-state index is 11.0. The fourth-order valence-corrected chi connectivity index (χ4v) is 1.51. The molecule has 74 valence electrons. The molecule has 14 heavy (non-hydrogen) atoms. The van der Waals surface area contributed by atoms with Crippen molar-refractivity contribution in [1.82, 2.24) is 0 Å². The summed E-state index contributed by atoms with van der Waals surface area (Å²) in [4.78, 5) is 11.0. The minimum atomic E-state index is -1.30. The summed E-state index contributed by atoms with van der Waals surface area (Å²) in [5.74, 6) is -1.02. The molecule has 1 saturated heterocycles. The van der Waals surface area contributed by atoms with E-state index < -0.39 is 17.9 Å². The number of carbonyl (C=O) groups is 1. The molecular formula is C10H10O4. The van der Waals surface area contributed by atoms with Gasteiger partial charge in [-0.25, -0.2) is 4.79 Å². The third kappa shape index (κ3) is 1.12. The molecule has 0 saturated carbocycles. The molecule has 0 aliphatic carbocycles. The van der Waals surface area contributed by atoms with E-state index in [1.165, 1.54) is 7.11 Å². The fourth-order valence-electron chi connectivity index (χ4n) is 1.51. The van der Waals surface area contributed by atoms with Gasteiger partial charge in [-0.05, 0) is 0 Å². The zero-order valence-electron chi connectivity index (χ0n) is 7.64. The molecule has 1 N–H and O–H groups in total. The molecule has 1 aliphatic heterocycles. The van der Waals surface area contributed by atoms with Gasteiger partial charge in [-0.2, -0.15) is 0 Å². The Labute approximate surface area is 81.1 Å². The van der Waals surface area contributed by atoms with Gasteiger partial charge in [0.25, 0.3) is 0 Å². The largest absolute Gasteiger partial charge is 0.479 e. The summed E-state index contributed by atoms with van der Waals surface area (Å²) in [5, 5.41) is 9.05. The first-order valence-electron chi connectivity index (χ1n) is 4.21. The summed E-state index contributed by atoms with van der Waals surface area (Å²) in [5.41, 5.74) is -0.685. The lowest BCUT2D eigenvalue weighted by atomic mass is 9.99. The first kappa shape index (κ1) is 9.18. The second-order valence-corrected chi connectivity index (χ2v) is 3.09. The van der Waals surface area contributed by atoms with Gasteiger partial charge in [-0.15, -0.1) is 0 Å². The molecule has 1 heterocycles. The van der Waals surface area contributed by atoms with E-state index in [2.05, 4.69) is 0 Å². The van der Waals surface area contributed by atoms with Crippen LogP contribution in [0.4, 0.5) is 0 Å². The Morgan fingerprint density at radius 3 is 2.57 bits per heavy atom. The van der Waals surface area contributed by atoms with E-state index in [-0.39, 0.29) is 0 Å². The second kappa shape index (κ2) is 3.08. The molecule has 0 aromatic heterocycles. The molecular weight excluding hydrogens is 184 g/mol. The highest BCUT2D eigenvalue weighted by molar-refractivity contribution is 5.83. The van der Waals surface area contributed by atoms with Crippen molar-refractivity contribution in [3.05, 3.63) is 35.9 Å². The maximum absolute atomic E-state index is 11.0. The number of carboxylic acid groups (broad SMARTS) is 1. The topological polar surface area (TPSA) is 59.1 Å². The van der Waals surface area contributed by atoms with Gasteiger partial charge in [0.05, 0.1) is 0 Å². The molecule has 4 nitrogen and oxygen atoms in total. The van der Waals surface area contributed by atoms with E-state index in [9.17, 15) is 4.79 Å². The van der Waals surface area contributed by atoms with Crippen LogP contribution in [0.25, 0.3) is 0 Å². The Hall–Kier alpha value is -1.39. The number of carboxylic acids is 1. The predicted octanol–water partition coefficient (Wildman–Crippen LogP) is 0.969. The lowest BCUT2D eigenvalue weighted by Gasteiger charge is -2.06. The SMILES string of the molecule is COC1OC1(C(=O)O)c1ccccc1. The van der Waals surface area contributed by atoms with Crippen LogP contribution in [0.1, 0.15) is 5.56 Å². The minimum absolute atomic E-state index is 0.611. The van der Waals surface area contributed by atoms with Crippen LogP contribution in [0.5, 0.6) is 0 Å². The minimum Gasteiger partial charge on any atom is -0.479 e. The highest BCUT2D eigenvalue weighted by Gasteiger charge is 2.65. The Bertz CT molecular complexity index is 348. The van der Waals surface area contributed by atoms with Gasteiger partial charge in [0.1, 0.15) is 0 Å². The monoisotopic (exact) mass is 194 g/mol. The highest BCUT2D eigenvalue weighted by Crippen LogP contribution is 2.46. The van der Waals surface area contributed by atoms with Crippen LogP contribution >= 0.6 is 0 Å². The lowest BCUT2D eigenvalue weighted by Crippen LogP contribution is -2.25. The van der Waals surface area contributed by atoms with Gasteiger partial charge in [0.15, 0.2) is 0 Å². The van der Waals surface area contributed by atoms with Crippen LogP contribution in [0.2, 0.25) is 0 Å². The second-order valence-electron chi connectivity index (χ2n) is 3.09. The van der Waals surface area contributed by atoms with Crippen molar-refractivity contribution in [2.24, 2.45) is 0 Å². The fraction of sp³-hybridized carbons (Fsp3) is 0.300. The molecule has 0 radical (unpaired) electrons. The number of ether oxygens (including phenoxy) is 2. The number of methoxy groups -OCH3 is 1. The zero-order valence-corrected chi connectivity index (χ0v) is 7.64. The number of benzene rings is 1. The van der Waals surface area contributed by atoms with Gasteiger partial charge >= 0.3 is 5.97 Å². The molecule has 2 rings (SSSR count). The first-order chi connectivity index (χ1) is 6.71. The molecule has 2 unspecified atom stereocenters. The summed E-state index contributed by atoms with van der Waals surface area (Å²) >= 11 is 0. The molecule has 0 bridgehead atoms. The average molecular weight is 194 g/mol. The van der Waals surface area contributed by atoms with Gasteiger partial charge < -0.3 is 14.6 Å². The standard InChI is InChI=1S/C10H10O4/c1-13-9-10(14-9,8(11)12)7-5-3-2-4-6-7/h2-6,9H,1H3,(H,11,12). The van der Waals surface area contributed by atoms with E-state index in [1.807, 2.05) is 6.07 Å². The van der Waals surface area contributed by atoms with Crippen LogP contribution in [0.3, 0.4) is 0 Å². The maximum Gasteiger partial charge on any atom is 0.346 e. The first-order valence-corrected chi connectivity index (χ1v) is 4.21. The summed E-state index contributed by atoms with van der Waals surface area (Å²) < 4.78 is 9.97. The Balaban J connectivity index is 2.36. The van der Waals surface area contributed by atoms with Crippen molar-refractivity contribution in [2.45, 2.75) is 11.9 Å². The molecule has 1 aliphatic rings. The summed E-state index contributed by atoms with van der Waals surface area (Å²) in [6, 6.07) is 8.80. The third-order valence-electron chi connectivity index (χ3n) is 2.30. The smallest absolute Gasteiger partial charge is 0.346 e. The van der Waals surface area contributed by atoms with Gasteiger partial charge in [-0.1, -0.05) is 30.3 Å². The van der Waals surface area contributed by atoms with Crippen molar-refractivity contribution in [1.29, 1.82) is 0 Å². The molecule has 1 aromatic rings. The van der Waals surface area contributed by atoms with Crippen molar-refractivity contribution in [2.75, 3.05) is 7.11 Å². The van der Waals surface area contributed by atoms with Crippen LogP contribution in [0, 0.1) is 0 Å². The number of hydrogen-bond donors (Lipinski definition) is 1. The Kier molecular flexibility index (Phi) is 2.02. The highest BCUT2D eigenvalue weighted by atomic mass is 16.8. The summed E-state index contributed by atoms with van der Waals surface area (Å²) in [6.07, 6.45) is -0.678. The summed E-state index contributed by atoms with van der Waals surface area (Å²) in [7, 11) is 1.43. The Morgan fingerprint density at radius 1 is 1.50 bits per heavy atom. The third-order valence-corrected chi connectivity index (χ3v) is 2.30. The van der Waals surface area contributed by atoms with E-state index in [4.69, 9.17) is 14.6 Å². The van der Waals surface area contributed by atoms with Crippen LogP contribution in [-0.4, -0.2) is 24.5 Å². The normalized spacial score (nSPS) is 29.9. The number of hydrogen-bond acceptors (Lipinski definition) is 3. The molecule has 2 atom stereocenters. The van der Waals surface area contributed by atoms with Crippen LogP contribution in [-0.2, 0) is 19.9 Å². The zero-order chi connectivity index (χ0) is 10.2. The number of rotatable bonds is 3. The van der Waals surface area contributed by atoms with Crippen molar-refractivity contribution < 1.29 is 19.4 Å². The van der Waals surface area contributed by atoms with Crippen molar-refractivity contribution >= 4 is 5.97 Å². The quantitative estimate of drug-likeness (QED) is 0.728. The molecule has 0 amide bonds. The lowest BCUT2D eigenvalue weighted by molar-refractivity contribution is -0.143. The Morgan fingerprint density at radius 2 is 2.14 bits per heavy atom. The van der Waals surface area contributed by atoms with Gasteiger partial charge in [0.2, 0.25) is 11.9 Å². The van der Waals surface area contributed by atoms with E-state index in [0.29, 0.717) is 5.56 Å². The van der Waals surface area contributed by atoms with E-state index in [1.54, 1.807) is 24.3 Å². The van der Waals surface area contributed by atoms with Crippen molar-refractivity contribution in [3.63, 3.8) is 0 Å². The molecule has 1 aromatic carbocycles. The summed E-state index contributed by atoms with van der Waals surface area (Å²) in [6.45, 7) is 0.